The van der Waals surface area contributed by atoms with Crippen molar-refractivity contribution in [3.8, 4) is 28.6 Å². The lowest BCUT2D eigenvalue weighted by molar-refractivity contribution is 0.268. The van der Waals surface area contributed by atoms with E-state index in [1.165, 1.54) is 7.11 Å². The number of methoxy groups -OCH3 is 1. The first-order chi connectivity index (χ1) is 13.2. The molecule has 0 aliphatic heterocycles. The van der Waals surface area contributed by atoms with Gasteiger partial charge in [0.15, 0.2) is 17.3 Å². The van der Waals surface area contributed by atoms with Gasteiger partial charge in [-0.05, 0) is 18.9 Å². The molecule has 0 radical (unpaired) electrons. The van der Waals surface area contributed by atoms with Gasteiger partial charge in [0.1, 0.15) is 5.58 Å². The number of ether oxygens (including phenoxy) is 3. The van der Waals surface area contributed by atoms with E-state index in [1.54, 1.807) is 12.1 Å². The summed E-state index contributed by atoms with van der Waals surface area (Å²) in [5, 5.41) is 0.404. The molecule has 0 fully saturated rings. The minimum atomic E-state index is -0.235. The molecule has 0 saturated heterocycles. The molecule has 0 spiro atoms. The van der Waals surface area contributed by atoms with Crippen molar-refractivity contribution >= 4 is 11.0 Å². The van der Waals surface area contributed by atoms with Gasteiger partial charge in [-0.1, -0.05) is 44.2 Å². The molecule has 1 aromatic heterocycles. The first kappa shape index (κ1) is 18.8. The zero-order chi connectivity index (χ0) is 19.2. The molecule has 0 unspecified atom stereocenters. The molecular weight excluding hydrogens is 344 g/mol. The largest absolute Gasteiger partial charge is 0.490 e. The van der Waals surface area contributed by atoms with Crippen LogP contribution in [0, 0.1) is 0 Å². The van der Waals surface area contributed by atoms with E-state index in [0.717, 1.165) is 18.4 Å². The molecule has 0 N–H and O–H groups in total. The summed E-state index contributed by atoms with van der Waals surface area (Å²) >= 11 is 0. The minimum Gasteiger partial charge on any atom is -0.490 e. The number of hydrogen-bond acceptors (Lipinski definition) is 5. The average molecular weight is 368 g/mol. The van der Waals surface area contributed by atoms with E-state index < -0.39 is 0 Å². The predicted octanol–water partition coefficient (Wildman–Crippen LogP) is 5.05. The van der Waals surface area contributed by atoms with Crippen LogP contribution in [0.1, 0.15) is 26.7 Å². The van der Waals surface area contributed by atoms with Gasteiger partial charge in [-0.25, -0.2) is 0 Å². The molecule has 3 rings (SSSR count). The molecule has 5 nitrogen and oxygen atoms in total. The van der Waals surface area contributed by atoms with Crippen LogP contribution < -0.4 is 19.6 Å². The normalized spacial score (nSPS) is 10.8. The van der Waals surface area contributed by atoms with Crippen LogP contribution in [0.25, 0.3) is 22.3 Å². The van der Waals surface area contributed by atoms with Gasteiger partial charge in [0.2, 0.25) is 11.2 Å². The third kappa shape index (κ3) is 3.92. The van der Waals surface area contributed by atoms with E-state index in [2.05, 4.69) is 0 Å². The Morgan fingerprint density at radius 1 is 0.926 bits per heavy atom. The molecule has 27 heavy (non-hydrogen) atoms. The monoisotopic (exact) mass is 368 g/mol. The second-order valence-corrected chi connectivity index (χ2v) is 6.15. The number of fused-ring (bicyclic) bond motifs is 1. The van der Waals surface area contributed by atoms with Gasteiger partial charge in [-0.3, -0.25) is 4.79 Å². The fourth-order valence-corrected chi connectivity index (χ4v) is 2.80. The topological polar surface area (TPSA) is 57.9 Å². The van der Waals surface area contributed by atoms with Crippen LogP contribution in [0.5, 0.6) is 17.2 Å². The van der Waals surface area contributed by atoms with Crippen molar-refractivity contribution in [1.29, 1.82) is 0 Å². The van der Waals surface area contributed by atoms with Crippen LogP contribution >= 0.6 is 0 Å². The molecule has 3 aromatic rings. The molecule has 5 heteroatoms. The summed E-state index contributed by atoms with van der Waals surface area (Å²) in [7, 11) is 1.47. The van der Waals surface area contributed by atoms with Crippen LogP contribution in [-0.4, -0.2) is 20.3 Å². The van der Waals surface area contributed by atoms with Crippen LogP contribution in [0.2, 0.25) is 0 Å². The number of hydrogen-bond donors (Lipinski definition) is 0. The van der Waals surface area contributed by atoms with E-state index in [9.17, 15) is 4.79 Å². The van der Waals surface area contributed by atoms with Crippen LogP contribution in [0.4, 0.5) is 0 Å². The quantitative estimate of drug-likeness (QED) is 0.557. The maximum absolute atomic E-state index is 13.0. The van der Waals surface area contributed by atoms with Crippen LogP contribution in [0.15, 0.2) is 51.7 Å². The summed E-state index contributed by atoms with van der Waals surface area (Å²) in [4.78, 5) is 13.0. The minimum absolute atomic E-state index is 0.178. The summed E-state index contributed by atoms with van der Waals surface area (Å²) in [5.74, 6) is 1.70. The number of rotatable bonds is 8. The highest BCUT2D eigenvalue weighted by molar-refractivity contribution is 5.85. The van der Waals surface area contributed by atoms with Crippen LogP contribution in [0.3, 0.4) is 0 Å². The van der Waals surface area contributed by atoms with Gasteiger partial charge in [0.05, 0.1) is 25.7 Å². The number of benzene rings is 2. The molecule has 2 aromatic carbocycles. The summed E-state index contributed by atoms with van der Waals surface area (Å²) in [6, 6.07) is 12.8. The van der Waals surface area contributed by atoms with Gasteiger partial charge in [-0.15, -0.1) is 0 Å². The SMILES string of the molecule is CCCOc1cc2oc(-c3ccccc3)c(OC)c(=O)c2cc1OCCC. The lowest BCUT2D eigenvalue weighted by atomic mass is 10.1. The van der Waals surface area contributed by atoms with Crippen molar-refractivity contribution in [2.75, 3.05) is 20.3 Å². The molecule has 0 aliphatic carbocycles. The summed E-state index contributed by atoms with van der Waals surface area (Å²) in [6.07, 6.45) is 1.73. The predicted molar refractivity (Wildman–Crippen MR) is 106 cm³/mol. The highest BCUT2D eigenvalue weighted by atomic mass is 16.5. The van der Waals surface area contributed by atoms with E-state index in [0.29, 0.717) is 41.4 Å². The lowest BCUT2D eigenvalue weighted by Crippen LogP contribution is -2.09. The Bertz CT molecular complexity index is 960. The van der Waals surface area contributed by atoms with Crippen molar-refractivity contribution in [2.45, 2.75) is 26.7 Å². The van der Waals surface area contributed by atoms with Crippen molar-refractivity contribution in [3.05, 3.63) is 52.7 Å². The third-order valence-corrected chi connectivity index (χ3v) is 4.08. The molecule has 142 valence electrons. The summed E-state index contributed by atoms with van der Waals surface area (Å²) in [6.45, 7) is 5.15. The lowest BCUT2D eigenvalue weighted by Gasteiger charge is -2.14. The fourth-order valence-electron chi connectivity index (χ4n) is 2.80. The Morgan fingerprint density at radius 3 is 2.15 bits per heavy atom. The highest BCUT2D eigenvalue weighted by Crippen LogP contribution is 2.36. The van der Waals surface area contributed by atoms with E-state index >= 15 is 0 Å². The van der Waals surface area contributed by atoms with Gasteiger partial charge in [0.25, 0.3) is 0 Å². The Kier molecular flexibility index (Phi) is 6.01. The molecule has 0 amide bonds. The summed E-state index contributed by atoms with van der Waals surface area (Å²) < 4.78 is 23.1. The van der Waals surface area contributed by atoms with Gasteiger partial charge >= 0.3 is 0 Å². The van der Waals surface area contributed by atoms with Crippen molar-refractivity contribution in [3.63, 3.8) is 0 Å². The maximum atomic E-state index is 13.0. The Hall–Kier alpha value is -2.95. The maximum Gasteiger partial charge on any atom is 0.235 e. The second-order valence-electron chi connectivity index (χ2n) is 6.15. The molecular formula is C22H24O5. The second kappa shape index (κ2) is 8.62. The van der Waals surface area contributed by atoms with Gasteiger partial charge in [-0.2, -0.15) is 0 Å². The van der Waals surface area contributed by atoms with Gasteiger partial charge < -0.3 is 18.6 Å². The standard InChI is InChI=1S/C22H24O5/c1-4-11-25-18-13-16-17(14-19(18)26-12-5-2)27-21(22(24-3)20(16)23)15-9-7-6-8-10-15/h6-10,13-14H,4-5,11-12H2,1-3H3. The summed E-state index contributed by atoms with van der Waals surface area (Å²) in [5.41, 5.74) is 0.978. The average Bonchev–Trinajstić information content (AvgIpc) is 2.71. The molecule has 0 atom stereocenters. The van der Waals surface area contributed by atoms with E-state index in [-0.39, 0.29) is 11.2 Å². The van der Waals surface area contributed by atoms with Crippen LogP contribution in [-0.2, 0) is 0 Å². The Morgan fingerprint density at radius 2 is 1.56 bits per heavy atom. The fraction of sp³-hybridized carbons (Fsp3) is 0.318. The first-order valence-corrected chi connectivity index (χ1v) is 9.19. The molecule has 0 saturated carbocycles. The Labute approximate surface area is 158 Å². The molecule has 1 heterocycles. The molecule has 0 aliphatic rings. The smallest absolute Gasteiger partial charge is 0.235 e. The van der Waals surface area contributed by atoms with Crippen molar-refractivity contribution in [1.82, 2.24) is 0 Å². The first-order valence-electron chi connectivity index (χ1n) is 9.19. The van der Waals surface area contributed by atoms with E-state index in [4.69, 9.17) is 18.6 Å². The zero-order valence-corrected chi connectivity index (χ0v) is 15.9. The highest BCUT2D eigenvalue weighted by Gasteiger charge is 2.19. The Balaban J connectivity index is 2.22. The zero-order valence-electron chi connectivity index (χ0n) is 15.9. The van der Waals surface area contributed by atoms with Gasteiger partial charge in [0, 0.05) is 11.6 Å². The molecule has 0 bridgehead atoms. The van der Waals surface area contributed by atoms with Crippen molar-refractivity contribution in [2.24, 2.45) is 0 Å². The van der Waals surface area contributed by atoms with E-state index in [1.807, 2.05) is 44.2 Å². The third-order valence-electron chi connectivity index (χ3n) is 4.08. The van der Waals surface area contributed by atoms with Crippen molar-refractivity contribution < 1.29 is 18.6 Å².